The van der Waals surface area contributed by atoms with E-state index >= 15 is 0 Å². The van der Waals surface area contributed by atoms with E-state index in [1.807, 2.05) is 84.9 Å². The van der Waals surface area contributed by atoms with E-state index in [9.17, 15) is 10.0 Å². The van der Waals surface area contributed by atoms with Gasteiger partial charge in [0.25, 0.3) is 0 Å². The number of hydrogen-bond donors (Lipinski definition) is 2. The summed E-state index contributed by atoms with van der Waals surface area (Å²) in [6.07, 6.45) is 1.65. The molecule has 4 aromatic carbocycles. The van der Waals surface area contributed by atoms with Crippen molar-refractivity contribution in [3.05, 3.63) is 120 Å². The first-order chi connectivity index (χ1) is 17.7. The highest BCUT2D eigenvalue weighted by molar-refractivity contribution is 6.58. The van der Waals surface area contributed by atoms with Crippen LogP contribution in [0, 0.1) is 0 Å². The average Bonchev–Trinajstić information content (AvgIpc) is 3.10. The molecule has 1 aromatic heterocycles. The number of hydrogen-bond acceptors (Lipinski definition) is 5. The van der Waals surface area contributed by atoms with Crippen molar-refractivity contribution in [1.29, 1.82) is 0 Å². The standard InChI is InChI=1S/C30H24BN3O2/c35-31(36)23-17-15-20-16-18-26(24-13-7-8-14-25(24)27(20)19-23)30-33-28(21-9-3-1-4-10-21)32-29(34-30)22-11-5-2-6-12-22/h1-15,17,19,26,35-36H,16,18H2. The fraction of sp³-hybridized carbons (Fsp3) is 0.100. The fourth-order valence-electron chi connectivity index (χ4n) is 4.97. The molecule has 0 aliphatic heterocycles. The topological polar surface area (TPSA) is 79.1 Å². The average molecular weight is 469 g/mol. The monoisotopic (exact) mass is 469 g/mol. The third kappa shape index (κ3) is 4.21. The molecule has 5 nitrogen and oxygen atoms in total. The summed E-state index contributed by atoms with van der Waals surface area (Å²) in [4.78, 5) is 14.8. The number of nitrogens with zero attached hydrogens (tertiary/aromatic N) is 3. The molecule has 1 aliphatic rings. The van der Waals surface area contributed by atoms with Crippen molar-refractivity contribution in [2.45, 2.75) is 18.8 Å². The minimum Gasteiger partial charge on any atom is -0.423 e. The SMILES string of the molecule is OB(O)c1ccc2c(c1)-c1ccccc1C(c1nc(-c3ccccc3)nc(-c3ccccc3)n1)CC2. The zero-order valence-corrected chi connectivity index (χ0v) is 19.6. The third-order valence-electron chi connectivity index (χ3n) is 6.79. The molecule has 0 bridgehead atoms. The second-order valence-corrected chi connectivity index (χ2v) is 9.04. The first-order valence-electron chi connectivity index (χ1n) is 12.1. The van der Waals surface area contributed by atoms with E-state index in [2.05, 4.69) is 12.1 Å². The van der Waals surface area contributed by atoms with Gasteiger partial charge in [0.05, 0.1) is 0 Å². The Morgan fingerprint density at radius 1 is 0.639 bits per heavy atom. The molecule has 5 aromatic rings. The van der Waals surface area contributed by atoms with Crippen molar-refractivity contribution in [3.63, 3.8) is 0 Å². The van der Waals surface area contributed by atoms with Crippen LogP contribution in [0.2, 0.25) is 0 Å². The fourth-order valence-corrected chi connectivity index (χ4v) is 4.97. The van der Waals surface area contributed by atoms with E-state index in [0.717, 1.165) is 46.5 Å². The number of rotatable bonds is 4. The summed E-state index contributed by atoms with van der Waals surface area (Å²) in [5.41, 5.74) is 6.79. The number of aromatic nitrogens is 3. The van der Waals surface area contributed by atoms with Gasteiger partial charge in [0.2, 0.25) is 0 Å². The summed E-state index contributed by atoms with van der Waals surface area (Å²) in [5.74, 6) is 2.02. The van der Waals surface area contributed by atoms with E-state index < -0.39 is 7.12 Å². The van der Waals surface area contributed by atoms with Gasteiger partial charge >= 0.3 is 7.12 Å². The van der Waals surface area contributed by atoms with Crippen LogP contribution in [0.3, 0.4) is 0 Å². The number of benzene rings is 4. The molecule has 1 atom stereocenters. The van der Waals surface area contributed by atoms with E-state index in [0.29, 0.717) is 17.1 Å². The predicted octanol–water partition coefficient (Wildman–Crippen LogP) is 4.63. The van der Waals surface area contributed by atoms with E-state index in [-0.39, 0.29) is 5.92 Å². The lowest BCUT2D eigenvalue weighted by atomic mass is 9.78. The molecule has 6 rings (SSSR count). The summed E-state index contributed by atoms with van der Waals surface area (Å²) >= 11 is 0. The van der Waals surface area contributed by atoms with Crippen LogP contribution in [0.25, 0.3) is 33.9 Å². The Kier molecular flexibility index (Phi) is 5.89. The maximum absolute atomic E-state index is 9.78. The molecule has 0 spiro atoms. The Morgan fingerprint density at radius 2 is 1.25 bits per heavy atom. The Hall–Kier alpha value is -4.13. The summed E-state index contributed by atoms with van der Waals surface area (Å²) in [6, 6.07) is 34.0. The van der Waals surface area contributed by atoms with E-state index in [4.69, 9.17) is 15.0 Å². The lowest BCUT2D eigenvalue weighted by molar-refractivity contribution is 0.426. The minimum atomic E-state index is -1.51. The Balaban J connectivity index is 1.53. The normalized spacial score (nSPS) is 14.4. The van der Waals surface area contributed by atoms with Crippen molar-refractivity contribution in [2.24, 2.45) is 0 Å². The third-order valence-corrected chi connectivity index (χ3v) is 6.79. The van der Waals surface area contributed by atoms with Crippen LogP contribution in [0.5, 0.6) is 0 Å². The van der Waals surface area contributed by atoms with Crippen molar-refractivity contribution in [1.82, 2.24) is 15.0 Å². The van der Waals surface area contributed by atoms with Crippen molar-refractivity contribution in [2.75, 3.05) is 0 Å². The van der Waals surface area contributed by atoms with Gasteiger partial charge in [0.1, 0.15) is 5.82 Å². The van der Waals surface area contributed by atoms with Gasteiger partial charge in [-0.2, -0.15) is 0 Å². The molecule has 0 fully saturated rings. The minimum absolute atomic E-state index is 0.0379. The first kappa shape index (κ1) is 22.3. The predicted molar refractivity (Wildman–Crippen MR) is 143 cm³/mol. The molecular weight excluding hydrogens is 445 g/mol. The van der Waals surface area contributed by atoms with Gasteiger partial charge in [-0.3, -0.25) is 0 Å². The molecule has 0 radical (unpaired) electrons. The van der Waals surface area contributed by atoms with Gasteiger partial charge in [-0.25, -0.2) is 15.0 Å². The molecule has 1 heterocycles. The smallest absolute Gasteiger partial charge is 0.423 e. The van der Waals surface area contributed by atoms with E-state index in [1.54, 1.807) is 6.07 Å². The van der Waals surface area contributed by atoms with Crippen molar-refractivity contribution >= 4 is 12.6 Å². The first-order valence-corrected chi connectivity index (χ1v) is 12.1. The molecule has 1 unspecified atom stereocenters. The van der Waals surface area contributed by atoms with E-state index in [1.165, 1.54) is 5.56 Å². The van der Waals surface area contributed by atoms with Crippen molar-refractivity contribution < 1.29 is 10.0 Å². The van der Waals surface area contributed by atoms with Crippen LogP contribution < -0.4 is 5.46 Å². The molecule has 2 N–H and O–H groups in total. The maximum Gasteiger partial charge on any atom is 0.488 e. The molecule has 0 saturated carbocycles. The second-order valence-electron chi connectivity index (χ2n) is 9.04. The summed E-state index contributed by atoms with van der Waals surface area (Å²) < 4.78 is 0. The lowest BCUT2D eigenvalue weighted by Gasteiger charge is -2.18. The molecule has 1 aliphatic carbocycles. The maximum atomic E-state index is 9.78. The summed E-state index contributed by atoms with van der Waals surface area (Å²) in [5, 5.41) is 19.6. The van der Waals surface area contributed by atoms with Gasteiger partial charge in [-0.15, -0.1) is 0 Å². The highest BCUT2D eigenvalue weighted by atomic mass is 16.4. The van der Waals surface area contributed by atoms with Crippen LogP contribution in [0.4, 0.5) is 0 Å². The Labute approximate surface area is 210 Å². The molecule has 0 saturated heterocycles. The zero-order chi connectivity index (χ0) is 24.5. The van der Waals surface area contributed by atoms with Crippen LogP contribution >= 0.6 is 0 Å². The zero-order valence-electron chi connectivity index (χ0n) is 19.6. The quantitative estimate of drug-likeness (QED) is 0.376. The van der Waals surface area contributed by atoms with Crippen LogP contribution in [-0.2, 0) is 6.42 Å². The second kappa shape index (κ2) is 9.49. The number of fused-ring (bicyclic) bond motifs is 3. The molecule has 0 amide bonds. The Bertz CT molecular complexity index is 1470. The van der Waals surface area contributed by atoms with Gasteiger partial charge in [-0.05, 0) is 40.6 Å². The summed E-state index contributed by atoms with van der Waals surface area (Å²) in [7, 11) is -1.51. The number of aryl methyl sites for hydroxylation is 1. The molecule has 174 valence electrons. The van der Waals surface area contributed by atoms with Gasteiger partial charge in [0.15, 0.2) is 11.6 Å². The highest BCUT2D eigenvalue weighted by Crippen LogP contribution is 2.40. The van der Waals surface area contributed by atoms with Gasteiger partial charge < -0.3 is 10.0 Å². The molecular formula is C30H24BN3O2. The van der Waals surface area contributed by atoms with Gasteiger partial charge in [-0.1, -0.05) is 103 Å². The van der Waals surface area contributed by atoms with Crippen LogP contribution in [0.15, 0.2) is 103 Å². The highest BCUT2D eigenvalue weighted by Gasteiger charge is 2.27. The van der Waals surface area contributed by atoms with Crippen LogP contribution in [0.1, 0.15) is 29.3 Å². The Morgan fingerprint density at radius 3 is 1.89 bits per heavy atom. The largest absolute Gasteiger partial charge is 0.488 e. The molecule has 36 heavy (non-hydrogen) atoms. The van der Waals surface area contributed by atoms with Crippen LogP contribution in [-0.4, -0.2) is 32.1 Å². The van der Waals surface area contributed by atoms with Crippen molar-refractivity contribution in [3.8, 4) is 33.9 Å². The van der Waals surface area contributed by atoms with Gasteiger partial charge in [0, 0.05) is 17.0 Å². The lowest BCUT2D eigenvalue weighted by Crippen LogP contribution is -2.29. The summed E-state index contributed by atoms with van der Waals surface area (Å²) in [6.45, 7) is 0. The molecule has 6 heteroatoms.